The Morgan fingerprint density at radius 2 is 0.439 bits per heavy atom. The van der Waals surface area contributed by atoms with Gasteiger partial charge < -0.3 is 85.9 Å². The Balaban J connectivity index is 0.000000888. The molecule has 6 rings (SSSR count). The second kappa shape index (κ2) is 83.9. The number of benzene rings is 6. The number of ether oxygens (including phenoxy) is 12. The Kier molecular flexibility index (Phi) is 78.4. The standard InChI is InChI=1S/2C18H24Br2FNO3.2C18H24Cl2FNO3.C17H22Br2FNO3.C17H22Cl2FNO3/c1-12(2)15-10-14(23-9-6-17(19)20)11-16(21)18(15)24-7-5-8-25-22-13(3)4;1-4-6-14-11-15(23-10-7-17(19)20)12-16(21)18(14)24-8-5-9-25-22-13(2)3;1-12(2)15-10-14(23-9-6-17(19)20)11-16(21)18(15)24-7-5-8-25-22-13(3)4;1-4-6-14-11-15(23-10-7-17(19)20)12-16(21)18(14)24-8-5-9-25-22-13(2)3;2*1-4-13-10-14(22-9-6-16(18)19)11-15(20)17(13)23-7-5-8-24-21-12(2)3/h6,10-12H,5,7-9H2,1-4H3;7,11-12H,4-6,8-10H2,1-3H3;6,10-12H,5,7-9H2,1-4H3;7,11-12H,4-6,8-10H2,1-3H3;2*6,10-11H,4-5,7-9H2,1-3H3. The van der Waals surface area contributed by atoms with E-state index < -0.39 is 34.9 Å². The summed E-state index contributed by atoms with van der Waals surface area (Å²) < 4.78 is 155. The van der Waals surface area contributed by atoms with E-state index >= 15 is 0 Å². The van der Waals surface area contributed by atoms with E-state index in [-0.39, 0.29) is 73.9 Å². The number of hydrogen-bond acceptors (Lipinski definition) is 24. The molecular formula is C106H140Br6Cl6F6N6O18. The smallest absolute Gasteiger partial charge is 0.169 e. The van der Waals surface area contributed by atoms with Gasteiger partial charge in [0.25, 0.3) is 0 Å². The summed E-state index contributed by atoms with van der Waals surface area (Å²) in [7, 11) is 0. The minimum absolute atomic E-state index is 0.0730. The van der Waals surface area contributed by atoms with Gasteiger partial charge in [-0.05, 0) is 289 Å². The van der Waals surface area contributed by atoms with E-state index in [1.54, 1.807) is 42.5 Å². The highest BCUT2D eigenvalue weighted by molar-refractivity contribution is 9.29. The summed E-state index contributed by atoms with van der Waals surface area (Å²) in [5, 5.41) is 23.0. The molecule has 0 spiro atoms. The molecule has 0 radical (unpaired) electrons. The van der Waals surface area contributed by atoms with Crippen molar-refractivity contribution in [3.05, 3.63) is 201 Å². The van der Waals surface area contributed by atoms with Crippen molar-refractivity contribution in [2.75, 3.05) is 119 Å². The molecule has 0 bridgehead atoms. The molecule has 0 N–H and O–H groups in total. The van der Waals surface area contributed by atoms with Crippen molar-refractivity contribution in [3.63, 3.8) is 0 Å². The van der Waals surface area contributed by atoms with Crippen molar-refractivity contribution in [1.29, 1.82) is 0 Å². The Morgan fingerprint density at radius 1 is 0.257 bits per heavy atom. The molecule has 148 heavy (non-hydrogen) atoms. The molecule has 6 aromatic rings. The van der Waals surface area contributed by atoms with Crippen molar-refractivity contribution in [3.8, 4) is 69.0 Å². The van der Waals surface area contributed by atoms with Crippen molar-refractivity contribution in [2.45, 2.75) is 227 Å². The molecule has 0 heterocycles. The molecule has 0 aliphatic carbocycles. The highest BCUT2D eigenvalue weighted by Crippen LogP contribution is 2.39. The lowest BCUT2D eigenvalue weighted by Gasteiger charge is -2.16. The molecule has 0 aromatic heterocycles. The maximum absolute atomic E-state index is 14.4. The summed E-state index contributed by atoms with van der Waals surface area (Å²) >= 11 is 52.6. The van der Waals surface area contributed by atoms with Gasteiger partial charge in [-0.15, -0.1) is 0 Å². The largest absolute Gasteiger partial charge is 0.490 e. The van der Waals surface area contributed by atoms with Crippen LogP contribution in [-0.4, -0.2) is 153 Å². The zero-order chi connectivity index (χ0) is 111. The van der Waals surface area contributed by atoms with Crippen LogP contribution in [0.5, 0.6) is 69.0 Å². The Labute approximate surface area is 950 Å². The van der Waals surface area contributed by atoms with Crippen molar-refractivity contribution in [2.24, 2.45) is 30.9 Å². The van der Waals surface area contributed by atoms with E-state index in [0.29, 0.717) is 197 Å². The summed E-state index contributed by atoms with van der Waals surface area (Å²) in [5.74, 6) is 1.77. The van der Waals surface area contributed by atoms with Crippen LogP contribution in [0.3, 0.4) is 0 Å². The van der Waals surface area contributed by atoms with Crippen LogP contribution in [0, 0.1) is 34.9 Å². The number of halogens is 18. The van der Waals surface area contributed by atoms with Crippen molar-refractivity contribution in [1.82, 2.24) is 0 Å². The van der Waals surface area contributed by atoms with Crippen LogP contribution >= 0.6 is 165 Å². The lowest BCUT2D eigenvalue weighted by molar-refractivity contribution is 0.126. The first-order valence-electron chi connectivity index (χ1n) is 47.7. The van der Waals surface area contributed by atoms with E-state index in [2.05, 4.69) is 127 Å². The van der Waals surface area contributed by atoms with Crippen LogP contribution in [-0.2, 0) is 54.7 Å². The third-order valence-corrected chi connectivity index (χ3v) is 20.5. The summed E-state index contributed by atoms with van der Waals surface area (Å²) in [4.78, 5) is 30.5. The molecular weight excluding hydrogens is 2450 g/mol. The molecule has 24 nitrogen and oxygen atoms in total. The topological polar surface area (TPSA) is 240 Å². The van der Waals surface area contributed by atoms with Gasteiger partial charge in [-0.2, -0.15) is 0 Å². The van der Waals surface area contributed by atoms with Crippen LogP contribution in [0.4, 0.5) is 26.3 Å². The fourth-order valence-electron chi connectivity index (χ4n) is 11.5. The Morgan fingerprint density at radius 3 is 0.622 bits per heavy atom. The first kappa shape index (κ1) is 138. The van der Waals surface area contributed by atoms with Crippen LogP contribution in [0.25, 0.3) is 0 Å². The molecule has 42 heteroatoms. The van der Waals surface area contributed by atoms with E-state index in [1.165, 1.54) is 54.6 Å². The quantitative estimate of drug-likeness (QED) is 0.0149. The van der Waals surface area contributed by atoms with Gasteiger partial charge in [0.1, 0.15) is 127 Å². The second-order valence-corrected chi connectivity index (χ2v) is 44.3. The molecule has 0 saturated carbocycles. The van der Waals surface area contributed by atoms with Gasteiger partial charge in [0.15, 0.2) is 69.4 Å². The molecule has 0 amide bonds. The summed E-state index contributed by atoms with van der Waals surface area (Å²) in [6.45, 7) is 44.2. The molecule has 0 atom stereocenters. The van der Waals surface area contributed by atoms with Gasteiger partial charge in [-0.3, -0.25) is 0 Å². The zero-order valence-corrected chi connectivity index (χ0v) is 102. The summed E-state index contributed by atoms with van der Waals surface area (Å²) in [6, 6.07) is 18.6. The highest BCUT2D eigenvalue weighted by atomic mass is 79.9. The van der Waals surface area contributed by atoms with Gasteiger partial charge in [0.2, 0.25) is 0 Å². The molecule has 0 unspecified atom stereocenters. The van der Waals surface area contributed by atoms with Crippen LogP contribution in [0.2, 0.25) is 0 Å². The third kappa shape index (κ3) is 67.7. The lowest BCUT2D eigenvalue weighted by atomic mass is 10.0. The third-order valence-electron chi connectivity index (χ3n) is 17.7. The maximum Gasteiger partial charge on any atom is 0.169 e. The van der Waals surface area contributed by atoms with Crippen LogP contribution in [0.1, 0.15) is 235 Å². The molecule has 6 aromatic carbocycles. The van der Waals surface area contributed by atoms with Crippen molar-refractivity contribution < 1.29 is 112 Å². The fraction of sp³-hybridized carbons (Fsp3) is 0.491. The molecule has 0 aliphatic rings. The Bertz CT molecular complexity index is 4920. The van der Waals surface area contributed by atoms with Gasteiger partial charge in [-0.25, -0.2) is 26.3 Å². The monoisotopic (exact) mass is 2580 g/mol. The minimum Gasteiger partial charge on any atom is -0.490 e. The predicted molar refractivity (Wildman–Crippen MR) is 613 cm³/mol. The Hall–Kier alpha value is -7.62. The maximum atomic E-state index is 14.4. The predicted octanol–water partition coefficient (Wildman–Crippen LogP) is 34.4. The average Bonchev–Trinajstić information content (AvgIpc) is 0.820. The van der Waals surface area contributed by atoms with Gasteiger partial charge in [0.05, 0.1) is 84.1 Å². The van der Waals surface area contributed by atoms with E-state index in [4.69, 9.17) is 155 Å². The van der Waals surface area contributed by atoms with E-state index in [0.717, 1.165) is 97.1 Å². The number of nitrogens with zero attached hydrogens (tertiary/aromatic N) is 6. The lowest BCUT2D eigenvalue weighted by Crippen LogP contribution is -2.07. The van der Waals surface area contributed by atoms with Crippen LogP contribution < -0.4 is 56.8 Å². The first-order valence-corrected chi connectivity index (χ1v) is 54.7. The first-order chi connectivity index (χ1) is 70.4. The van der Waals surface area contributed by atoms with E-state index in [9.17, 15) is 26.3 Å². The summed E-state index contributed by atoms with van der Waals surface area (Å²) in [5.41, 5.74) is 9.69. The fourth-order valence-corrected chi connectivity index (χ4v) is 12.6. The normalized spacial score (nSPS) is 10.2. The zero-order valence-electron chi connectivity index (χ0n) is 87.6. The average molecular weight is 2590 g/mol. The summed E-state index contributed by atoms with van der Waals surface area (Å²) in [6.07, 6.45) is 18.0. The van der Waals surface area contributed by atoms with Gasteiger partial charge >= 0.3 is 0 Å². The van der Waals surface area contributed by atoms with Gasteiger partial charge in [-0.1, -0.05) is 169 Å². The second-order valence-electron chi connectivity index (χ2n) is 33.0. The molecule has 0 saturated heterocycles. The number of hydrogen-bond donors (Lipinski definition) is 0. The number of aryl methyl sites for hydroxylation is 4. The van der Waals surface area contributed by atoms with Gasteiger partial charge in [0, 0.05) is 108 Å². The van der Waals surface area contributed by atoms with E-state index in [1.807, 2.05) is 151 Å². The number of rotatable bonds is 62. The minimum atomic E-state index is -0.467. The molecule has 828 valence electrons. The molecule has 0 aliphatic heterocycles. The van der Waals surface area contributed by atoms with Crippen LogP contribution in [0.15, 0.2) is 164 Å². The highest BCUT2D eigenvalue weighted by Gasteiger charge is 2.22. The molecule has 0 fully saturated rings. The number of oxime groups is 6. The SMILES string of the molecule is CC(C)=NOCCCOc1c(F)cc(OCC=C(Br)Br)cc1C(C)C.CC(C)=NOCCCOc1c(F)cc(OCC=C(Cl)Cl)cc1C(C)C.CCCc1cc(OCC=C(Br)Br)cc(F)c1OCCCON=C(C)C.CCCc1cc(OCC=C(Cl)Cl)cc(F)c1OCCCON=C(C)C.CCc1cc(OCC=C(Br)Br)cc(F)c1OCCCON=C(C)C.CCc1cc(OCC=C(Cl)Cl)cc(F)c1OCCCON=C(C)C. The van der Waals surface area contributed by atoms with Crippen molar-refractivity contribution >= 4 is 199 Å².